The number of carbonyl (C=O) groups excluding carboxylic acids is 3. The molecule has 5 saturated heterocycles. The third-order valence-corrected chi connectivity index (χ3v) is 16.6. The van der Waals surface area contributed by atoms with Gasteiger partial charge in [0.15, 0.2) is 43.5 Å². The molecule has 0 aromatic carbocycles. The summed E-state index contributed by atoms with van der Waals surface area (Å²) in [5.41, 5.74) is 0. The van der Waals surface area contributed by atoms with Gasteiger partial charge < -0.3 is 87.9 Å². The fourth-order valence-corrected chi connectivity index (χ4v) is 11.6. The van der Waals surface area contributed by atoms with Crippen molar-refractivity contribution in [2.24, 2.45) is 0 Å². The van der Waals surface area contributed by atoms with E-state index in [4.69, 9.17) is 52.1 Å². The topological polar surface area (TPSA) is 294 Å². The lowest BCUT2D eigenvalue weighted by Crippen LogP contribution is -2.67. The second kappa shape index (κ2) is 37.4. The maximum absolute atomic E-state index is 13.7. The number of aliphatic hydroxyl groups excluding tert-OH is 7. The number of hydrogen-bond acceptors (Lipinski definition) is 21. The first-order chi connectivity index (χ1) is 39.0. The molecule has 0 spiro atoms. The van der Waals surface area contributed by atoms with E-state index in [0.717, 1.165) is 128 Å². The lowest BCUT2D eigenvalue weighted by Gasteiger charge is -2.49. The molecule has 0 aromatic rings. The van der Waals surface area contributed by atoms with Crippen LogP contribution in [0.1, 0.15) is 228 Å². The average molecular weight is 1160 g/mol. The van der Waals surface area contributed by atoms with Gasteiger partial charge in [0.25, 0.3) is 0 Å². The Morgan fingerprint density at radius 3 is 1.57 bits per heavy atom. The Morgan fingerprint density at radius 1 is 0.469 bits per heavy atom. The molecule has 21 atom stereocenters. The van der Waals surface area contributed by atoms with E-state index >= 15 is 0 Å². The molecule has 0 amide bonds. The minimum Gasteiger partial charge on any atom is -0.457 e. The maximum atomic E-state index is 13.7. The van der Waals surface area contributed by atoms with Gasteiger partial charge in [-0.05, 0) is 52.9 Å². The molecule has 5 heterocycles. The summed E-state index contributed by atoms with van der Waals surface area (Å²) < 4.78 is 68.1. The summed E-state index contributed by atoms with van der Waals surface area (Å²) in [5, 5.41) is 80.3. The predicted octanol–water partition coefficient (Wildman–Crippen LogP) is 6.77. The highest BCUT2D eigenvalue weighted by molar-refractivity contribution is 5.70. The third kappa shape index (κ3) is 21.9. The SMILES string of the molecule is CCCCCCCCCC(=O)OC1C(C)OC(OC2C(C)OC(OC3C(C)OC4OC5C(OC(CCCCC)CCCCCCCCCC(=O)OC4C3O)OC(CO)C(O)C5O)C(O)C2OC(=O)CCCCCCCCC)C(O)C1O. The number of ether oxygens (including phenoxy) is 11. The second-order valence-corrected chi connectivity index (χ2v) is 23.5. The molecule has 0 saturated carbocycles. The Morgan fingerprint density at radius 2 is 0.963 bits per heavy atom. The van der Waals surface area contributed by atoms with Gasteiger partial charge >= 0.3 is 17.9 Å². The summed E-state index contributed by atoms with van der Waals surface area (Å²) in [6.07, 6.45) is -5.78. The van der Waals surface area contributed by atoms with Crippen LogP contribution in [0.3, 0.4) is 0 Å². The molecule has 5 rings (SSSR count). The number of unbranched alkanes of at least 4 members (excludes halogenated alkanes) is 14. The highest BCUT2D eigenvalue weighted by Crippen LogP contribution is 2.37. The van der Waals surface area contributed by atoms with Crippen molar-refractivity contribution in [1.82, 2.24) is 0 Å². The molecule has 5 fully saturated rings. The van der Waals surface area contributed by atoms with Crippen molar-refractivity contribution in [3.63, 3.8) is 0 Å². The summed E-state index contributed by atoms with van der Waals surface area (Å²) in [6.45, 7) is 10.4. The Labute approximate surface area is 482 Å². The minimum absolute atomic E-state index is 0.00380. The van der Waals surface area contributed by atoms with Crippen LogP contribution in [0.15, 0.2) is 0 Å². The molecule has 0 radical (unpaired) electrons. The Bertz CT molecular complexity index is 1750. The zero-order valence-electron chi connectivity index (χ0n) is 49.7. The summed E-state index contributed by atoms with van der Waals surface area (Å²) in [6, 6.07) is 0. The quantitative estimate of drug-likeness (QED) is 0.0254. The lowest BCUT2D eigenvalue weighted by atomic mass is 9.95. The van der Waals surface area contributed by atoms with Gasteiger partial charge in [0, 0.05) is 19.3 Å². The Hall–Kier alpha value is -2.19. The van der Waals surface area contributed by atoms with Crippen molar-refractivity contribution < 1.29 is 102 Å². The van der Waals surface area contributed by atoms with Crippen LogP contribution in [0, 0.1) is 0 Å². The summed E-state index contributed by atoms with van der Waals surface area (Å²) in [7, 11) is 0. The van der Waals surface area contributed by atoms with Crippen LogP contribution >= 0.6 is 0 Å². The van der Waals surface area contributed by atoms with Crippen molar-refractivity contribution in [2.45, 2.75) is 357 Å². The van der Waals surface area contributed by atoms with E-state index in [2.05, 4.69) is 20.8 Å². The van der Waals surface area contributed by atoms with Crippen molar-refractivity contribution in [3.05, 3.63) is 0 Å². The smallest absolute Gasteiger partial charge is 0.306 e. The molecule has 5 aliphatic heterocycles. The summed E-state index contributed by atoms with van der Waals surface area (Å²) >= 11 is 0. The van der Waals surface area contributed by atoms with Crippen LogP contribution in [0.25, 0.3) is 0 Å². The number of carbonyl (C=O) groups is 3. The minimum atomic E-state index is -1.83. The maximum Gasteiger partial charge on any atom is 0.306 e. The van der Waals surface area contributed by atoms with E-state index in [9.17, 15) is 50.1 Å². The number of rotatable bonds is 27. The largest absolute Gasteiger partial charge is 0.457 e. The third-order valence-electron chi connectivity index (χ3n) is 16.6. The van der Waals surface area contributed by atoms with E-state index in [1.807, 2.05) is 0 Å². The first-order valence-corrected chi connectivity index (χ1v) is 31.5. The molecule has 0 bridgehead atoms. The first kappa shape index (κ1) is 69.6. The molecular weight excluding hydrogens is 1060 g/mol. The van der Waals surface area contributed by atoms with Crippen LogP contribution in [0.2, 0.25) is 0 Å². The van der Waals surface area contributed by atoms with Gasteiger partial charge in [-0.25, -0.2) is 0 Å². The van der Waals surface area contributed by atoms with Crippen molar-refractivity contribution in [2.75, 3.05) is 6.61 Å². The Balaban J connectivity index is 1.35. The van der Waals surface area contributed by atoms with E-state index in [1.54, 1.807) is 20.8 Å². The van der Waals surface area contributed by atoms with Gasteiger partial charge in [0.1, 0.15) is 61.0 Å². The van der Waals surface area contributed by atoms with E-state index in [1.165, 1.54) is 6.42 Å². The standard InChI is InChI=1S/C60H106O21/c1-7-10-13-15-18-23-28-33-42(62)76-51-37(4)71-57(48(68)47(51)67)80-53-39(6)72-58(50(70)54(53)77-43(63)34-29-24-19-16-14-11-8-2)79-52-38(5)73-59-56(49(52)69)78-44(64)35-30-25-21-17-20-22-27-32-40(31-26-12-9-3)74-60-55(81-59)46(66)45(65)41(36-61)75-60/h37-41,45-61,65-70H,7-36H2,1-6H3. The van der Waals surface area contributed by atoms with Crippen LogP contribution < -0.4 is 0 Å². The van der Waals surface area contributed by atoms with Crippen LogP contribution in [0.5, 0.6) is 0 Å². The van der Waals surface area contributed by atoms with E-state index < -0.39 is 147 Å². The lowest BCUT2D eigenvalue weighted by molar-refractivity contribution is -0.388. The molecule has 5 aliphatic rings. The zero-order valence-corrected chi connectivity index (χ0v) is 49.7. The average Bonchev–Trinajstić information content (AvgIpc) is 3.55. The first-order valence-electron chi connectivity index (χ1n) is 31.5. The van der Waals surface area contributed by atoms with Gasteiger partial charge in [-0.1, -0.05) is 156 Å². The number of hydrogen-bond donors (Lipinski definition) is 7. The molecule has 0 aromatic heterocycles. The molecule has 0 aliphatic carbocycles. The summed E-state index contributed by atoms with van der Waals surface area (Å²) in [4.78, 5) is 40.3. The van der Waals surface area contributed by atoms with Gasteiger partial charge in [-0.15, -0.1) is 0 Å². The monoisotopic (exact) mass is 1160 g/mol. The zero-order chi connectivity index (χ0) is 58.8. The highest BCUT2D eigenvalue weighted by atomic mass is 16.8. The van der Waals surface area contributed by atoms with Crippen LogP contribution in [-0.4, -0.2) is 189 Å². The second-order valence-electron chi connectivity index (χ2n) is 23.5. The molecular formula is C60H106O21. The highest BCUT2D eigenvalue weighted by Gasteiger charge is 2.56. The van der Waals surface area contributed by atoms with Crippen LogP contribution in [0.4, 0.5) is 0 Å². The van der Waals surface area contributed by atoms with Gasteiger partial charge in [-0.3, -0.25) is 14.4 Å². The van der Waals surface area contributed by atoms with Crippen molar-refractivity contribution in [1.29, 1.82) is 0 Å². The number of fused-ring (bicyclic) bond motifs is 2. The van der Waals surface area contributed by atoms with Crippen molar-refractivity contribution in [3.8, 4) is 0 Å². The van der Waals surface area contributed by atoms with Gasteiger partial charge in [-0.2, -0.15) is 0 Å². The normalized spacial score (nSPS) is 37.7. The fraction of sp³-hybridized carbons (Fsp3) is 0.950. The van der Waals surface area contributed by atoms with Crippen molar-refractivity contribution >= 4 is 17.9 Å². The fourth-order valence-electron chi connectivity index (χ4n) is 11.6. The molecule has 7 N–H and O–H groups in total. The summed E-state index contributed by atoms with van der Waals surface area (Å²) in [5.74, 6) is -1.87. The number of esters is 3. The predicted molar refractivity (Wildman–Crippen MR) is 295 cm³/mol. The van der Waals surface area contributed by atoms with Gasteiger partial charge in [0.05, 0.1) is 31.0 Å². The molecule has 21 heteroatoms. The number of aliphatic hydroxyl groups is 7. The van der Waals surface area contributed by atoms with E-state index in [0.29, 0.717) is 32.1 Å². The molecule has 472 valence electrons. The molecule has 81 heavy (non-hydrogen) atoms. The Kier molecular flexibility index (Phi) is 32.1. The van der Waals surface area contributed by atoms with Gasteiger partial charge in [0.2, 0.25) is 0 Å². The molecule has 21 nitrogen and oxygen atoms in total. The van der Waals surface area contributed by atoms with E-state index in [-0.39, 0.29) is 25.4 Å². The van der Waals surface area contributed by atoms with Crippen LogP contribution in [-0.2, 0) is 66.5 Å². The molecule has 21 unspecified atom stereocenters.